The third kappa shape index (κ3) is 4.19. The zero-order valence-corrected chi connectivity index (χ0v) is 10.2. The van der Waals surface area contributed by atoms with Gasteiger partial charge in [0.2, 0.25) is 0 Å². The molecule has 0 unspecified atom stereocenters. The van der Waals surface area contributed by atoms with E-state index in [4.69, 9.17) is 0 Å². The molecule has 0 bridgehead atoms. The number of hydrogen-bond acceptors (Lipinski definition) is 1. The predicted molar refractivity (Wildman–Crippen MR) is 65.9 cm³/mol. The molecule has 14 heavy (non-hydrogen) atoms. The second-order valence-corrected chi connectivity index (χ2v) is 6.06. The largest absolute Gasteiger partial charge is 0.120 e. The second kappa shape index (κ2) is 5.45. The van der Waals surface area contributed by atoms with Crippen LogP contribution in [0.15, 0.2) is 35.2 Å². The summed E-state index contributed by atoms with van der Waals surface area (Å²) >= 11 is 1.99. The fraction of sp³-hybridized carbons (Fsp3) is 0.538. The molecule has 0 radical (unpaired) electrons. The molecule has 0 fully saturated rings. The van der Waals surface area contributed by atoms with Gasteiger partial charge in [-0.2, -0.15) is 0 Å². The molecule has 0 nitrogen and oxygen atoms in total. The van der Waals surface area contributed by atoms with Crippen molar-refractivity contribution in [1.82, 2.24) is 0 Å². The number of thioether (sulfide) groups is 1. The van der Waals surface area contributed by atoms with Crippen molar-refractivity contribution in [3.63, 3.8) is 0 Å². The van der Waals surface area contributed by atoms with Gasteiger partial charge in [0.15, 0.2) is 0 Å². The molecule has 0 saturated carbocycles. The lowest BCUT2D eigenvalue weighted by atomic mass is 10.1. The summed E-state index contributed by atoms with van der Waals surface area (Å²) in [7, 11) is 0. The second-order valence-electron chi connectivity index (χ2n) is 4.28. The van der Waals surface area contributed by atoms with E-state index in [1.165, 1.54) is 24.2 Å². The van der Waals surface area contributed by atoms with Crippen molar-refractivity contribution in [3.8, 4) is 0 Å². The summed E-state index contributed by atoms with van der Waals surface area (Å²) < 4.78 is 0.372. The van der Waals surface area contributed by atoms with E-state index in [9.17, 15) is 0 Å². The number of hydrogen-bond donors (Lipinski definition) is 0. The molecule has 1 aromatic rings. The van der Waals surface area contributed by atoms with Gasteiger partial charge in [-0.05, 0) is 18.6 Å². The molecule has 1 aromatic carbocycles. The summed E-state index contributed by atoms with van der Waals surface area (Å²) in [5, 5.41) is 0. The Kier molecular flexibility index (Phi) is 4.53. The van der Waals surface area contributed by atoms with Crippen LogP contribution in [0.4, 0.5) is 0 Å². The van der Waals surface area contributed by atoms with Gasteiger partial charge in [-0.3, -0.25) is 0 Å². The van der Waals surface area contributed by atoms with Gasteiger partial charge in [0, 0.05) is 9.64 Å². The summed E-state index contributed by atoms with van der Waals surface area (Å²) in [6, 6.07) is 10.7. The van der Waals surface area contributed by atoms with Gasteiger partial charge in [0.05, 0.1) is 0 Å². The molecule has 0 aliphatic rings. The molecule has 78 valence electrons. The Labute approximate surface area is 92.1 Å². The van der Waals surface area contributed by atoms with E-state index in [2.05, 4.69) is 51.1 Å². The standard InChI is InChI=1S/C13H20S/c1-4-5-11-13(2,3)14-12-9-7-6-8-10-12/h6-10H,4-5,11H2,1-3H3. The van der Waals surface area contributed by atoms with Gasteiger partial charge in [-0.15, -0.1) is 11.8 Å². The maximum atomic E-state index is 2.33. The fourth-order valence-corrected chi connectivity index (χ4v) is 2.64. The zero-order valence-electron chi connectivity index (χ0n) is 9.42. The fourth-order valence-electron chi connectivity index (χ4n) is 1.46. The molecule has 1 heteroatoms. The summed E-state index contributed by atoms with van der Waals surface area (Å²) in [5.74, 6) is 0. The normalized spacial score (nSPS) is 11.6. The highest BCUT2D eigenvalue weighted by atomic mass is 32.2. The van der Waals surface area contributed by atoms with Crippen molar-refractivity contribution in [3.05, 3.63) is 30.3 Å². The summed E-state index contributed by atoms with van der Waals surface area (Å²) in [6.45, 7) is 6.92. The summed E-state index contributed by atoms with van der Waals surface area (Å²) in [4.78, 5) is 1.38. The monoisotopic (exact) mass is 208 g/mol. The summed E-state index contributed by atoms with van der Waals surface area (Å²) in [6.07, 6.45) is 3.91. The minimum absolute atomic E-state index is 0.372. The van der Waals surface area contributed by atoms with E-state index < -0.39 is 0 Å². The first-order chi connectivity index (χ1) is 6.64. The minimum Gasteiger partial charge on any atom is -0.120 e. The van der Waals surface area contributed by atoms with Crippen molar-refractivity contribution in [2.24, 2.45) is 0 Å². The molecule has 0 aliphatic carbocycles. The van der Waals surface area contributed by atoms with Gasteiger partial charge in [0.1, 0.15) is 0 Å². The Hall–Kier alpha value is -0.430. The maximum Gasteiger partial charge on any atom is 0.0150 e. The molecule has 0 N–H and O–H groups in total. The van der Waals surface area contributed by atoms with E-state index in [1.807, 2.05) is 11.8 Å². The van der Waals surface area contributed by atoms with Crippen molar-refractivity contribution in [2.75, 3.05) is 0 Å². The molecular weight excluding hydrogens is 188 g/mol. The smallest absolute Gasteiger partial charge is 0.0150 e. The molecule has 0 amide bonds. The molecule has 0 atom stereocenters. The van der Waals surface area contributed by atoms with Gasteiger partial charge in [-0.1, -0.05) is 51.8 Å². The van der Waals surface area contributed by atoms with Crippen LogP contribution in [-0.2, 0) is 0 Å². The lowest BCUT2D eigenvalue weighted by molar-refractivity contribution is 0.593. The molecule has 0 saturated heterocycles. The topological polar surface area (TPSA) is 0 Å². The summed E-state index contributed by atoms with van der Waals surface area (Å²) in [5.41, 5.74) is 0. The SMILES string of the molecule is CCCCC(C)(C)Sc1ccccc1. The van der Waals surface area contributed by atoms with Crippen molar-refractivity contribution in [1.29, 1.82) is 0 Å². The Morgan fingerprint density at radius 1 is 1.14 bits per heavy atom. The lowest BCUT2D eigenvalue weighted by Gasteiger charge is -2.23. The van der Waals surface area contributed by atoms with Gasteiger partial charge >= 0.3 is 0 Å². The van der Waals surface area contributed by atoms with Gasteiger partial charge in [0.25, 0.3) is 0 Å². The predicted octanol–water partition coefficient (Wildman–Crippen LogP) is 4.75. The van der Waals surface area contributed by atoms with E-state index >= 15 is 0 Å². The molecule has 1 rings (SSSR count). The third-order valence-electron chi connectivity index (χ3n) is 2.27. The molecule has 0 spiro atoms. The van der Waals surface area contributed by atoms with Crippen LogP contribution in [0.2, 0.25) is 0 Å². The number of unbranched alkanes of at least 4 members (excludes halogenated alkanes) is 1. The van der Waals surface area contributed by atoms with Crippen LogP contribution >= 0.6 is 11.8 Å². The maximum absolute atomic E-state index is 2.33. The number of benzene rings is 1. The first kappa shape index (κ1) is 11.6. The van der Waals surface area contributed by atoms with Crippen LogP contribution < -0.4 is 0 Å². The highest BCUT2D eigenvalue weighted by molar-refractivity contribution is 8.00. The molecule has 0 aromatic heterocycles. The average Bonchev–Trinajstić information content (AvgIpc) is 2.16. The van der Waals surface area contributed by atoms with Crippen LogP contribution in [0.5, 0.6) is 0 Å². The average molecular weight is 208 g/mol. The van der Waals surface area contributed by atoms with Crippen LogP contribution in [0, 0.1) is 0 Å². The van der Waals surface area contributed by atoms with Crippen molar-refractivity contribution < 1.29 is 0 Å². The van der Waals surface area contributed by atoms with E-state index in [1.54, 1.807) is 0 Å². The Morgan fingerprint density at radius 2 is 1.79 bits per heavy atom. The van der Waals surface area contributed by atoms with E-state index in [0.29, 0.717) is 4.75 Å². The van der Waals surface area contributed by atoms with Crippen LogP contribution in [0.25, 0.3) is 0 Å². The Morgan fingerprint density at radius 3 is 2.36 bits per heavy atom. The zero-order chi connectivity index (χ0) is 10.4. The highest BCUT2D eigenvalue weighted by Gasteiger charge is 2.18. The molecule has 0 heterocycles. The van der Waals surface area contributed by atoms with Crippen molar-refractivity contribution >= 4 is 11.8 Å². The molecular formula is C13H20S. The Balaban J connectivity index is 2.50. The van der Waals surface area contributed by atoms with E-state index in [0.717, 1.165) is 0 Å². The van der Waals surface area contributed by atoms with E-state index in [-0.39, 0.29) is 0 Å². The highest BCUT2D eigenvalue weighted by Crippen LogP contribution is 2.35. The van der Waals surface area contributed by atoms with Gasteiger partial charge < -0.3 is 0 Å². The van der Waals surface area contributed by atoms with Crippen LogP contribution in [0.3, 0.4) is 0 Å². The number of rotatable bonds is 5. The Bertz CT molecular complexity index is 251. The minimum atomic E-state index is 0.372. The van der Waals surface area contributed by atoms with Crippen molar-refractivity contribution in [2.45, 2.75) is 49.7 Å². The first-order valence-electron chi connectivity index (χ1n) is 5.38. The molecule has 0 aliphatic heterocycles. The quantitative estimate of drug-likeness (QED) is 0.629. The third-order valence-corrected chi connectivity index (χ3v) is 3.53. The van der Waals surface area contributed by atoms with Crippen LogP contribution in [0.1, 0.15) is 40.0 Å². The van der Waals surface area contributed by atoms with Crippen LogP contribution in [-0.4, -0.2) is 4.75 Å². The van der Waals surface area contributed by atoms with Gasteiger partial charge in [-0.25, -0.2) is 0 Å². The lowest BCUT2D eigenvalue weighted by Crippen LogP contribution is -2.13. The first-order valence-corrected chi connectivity index (χ1v) is 6.20.